The molecule has 1 heterocycles. The standard InChI is InChI=1S/C12H9ClO3S2/c13-9-3-1-2-4-11(9)18(16)7-8-5-6-10(17-8)12(14)15/h1-6H,7H2,(H,14,15). The van der Waals surface area contributed by atoms with E-state index >= 15 is 0 Å². The highest BCUT2D eigenvalue weighted by molar-refractivity contribution is 7.84. The van der Waals surface area contributed by atoms with Crippen molar-refractivity contribution in [1.29, 1.82) is 0 Å². The molecule has 1 N–H and O–H groups in total. The van der Waals surface area contributed by atoms with Gasteiger partial charge in [0.05, 0.1) is 26.5 Å². The normalized spacial score (nSPS) is 12.3. The summed E-state index contributed by atoms with van der Waals surface area (Å²) in [4.78, 5) is 12.3. The zero-order chi connectivity index (χ0) is 13.1. The molecule has 1 aromatic carbocycles. The Labute approximate surface area is 115 Å². The molecule has 6 heteroatoms. The Morgan fingerprint density at radius 2 is 2.00 bits per heavy atom. The molecule has 18 heavy (non-hydrogen) atoms. The number of hydrogen-bond acceptors (Lipinski definition) is 3. The summed E-state index contributed by atoms with van der Waals surface area (Å²) in [7, 11) is -1.26. The fourth-order valence-electron chi connectivity index (χ4n) is 1.41. The van der Waals surface area contributed by atoms with Crippen molar-refractivity contribution in [2.45, 2.75) is 10.6 Å². The largest absolute Gasteiger partial charge is 0.477 e. The van der Waals surface area contributed by atoms with E-state index in [1.165, 1.54) is 6.07 Å². The summed E-state index contributed by atoms with van der Waals surface area (Å²) >= 11 is 7.09. The number of halogens is 1. The highest BCUT2D eigenvalue weighted by Crippen LogP contribution is 2.24. The molecule has 0 bridgehead atoms. The van der Waals surface area contributed by atoms with Gasteiger partial charge in [-0.15, -0.1) is 11.3 Å². The Kier molecular flexibility index (Phi) is 4.16. The maximum Gasteiger partial charge on any atom is 0.345 e. The fourth-order valence-corrected chi connectivity index (χ4v) is 4.03. The van der Waals surface area contributed by atoms with Gasteiger partial charge in [0, 0.05) is 4.88 Å². The van der Waals surface area contributed by atoms with Crippen molar-refractivity contribution in [3.8, 4) is 0 Å². The van der Waals surface area contributed by atoms with Gasteiger partial charge in [0.15, 0.2) is 0 Å². The minimum Gasteiger partial charge on any atom is -0.477 e. The van der Waals surface area contributed by atoms with Crippen LogP contribution < -0.4 is 0 Å². The van der Waals surface area contributed by atoms with Gasteiger partial charge in [-0.05, 0) is 24.3 Å². The Morgan fingerprint density at radius 3 is 2.61 bits per heavy atom. The first-order chi connectivity index (χ1) is 8.58. The Morgan fingerprint density at radius 1 is 1.28 bits per heavy atom. The lowest BCUT2D eigenvalue weighted by atomic mass is 10.4. The molecule has 94 valence electrons. The molecule has 1 unspecified atom stereocenters. The van der Waals surface area contributed by atoms with Gasteiger partial charge in [0.1, 0.15) is 4.88 Å². The summed E-state index contributed by atoms with van der Waals surface area (Å²) in [6.45, 7) is 0. The number of carboxylic acids is 1. The second-order valence-corrected chi connectivity index (χ2v) is 6.49. The van der Waals surface area contributed by atoms with Crippen molar-refractivity contribution in [1.82, 2.24) is 0 Å². The number of aromatic carboxylic acids is 1. The van der Waals surface area contributed by atoms with Crippen molar-refractivity contribution in [2.75, 3.05) is 0 Å². The van der Waals surface area contributed by atoms with E-state index in [0.717, 1.165) is 16.2 Å². The van der Waals surface area contributed by atoms with Crippen molar-refractivity contribution >= 4 is 39.7 Å². The van der Waals surface area contributed by atoms with E-state index in [9.17, 15) is 9.00 Å². The molecule has 2 rings (SSSR count). The summed E-state index contributed by atoms with van der Waals surface area (Å²) < 4.78 is 12.1. The van der Waals surface area contributed by atoms with Crippen LogP contribution in [0.25, 0.3) is 0 Å². The lowest BCUT2D eigenvalue weighted by Gasteiger charge is -2.02. The van der Waals surface area contributed by atoms with E-state index < -0.39 is 16.8 Å². The van der Waals surface area contributed by atoms with Gasteiger partial charge in [-0.2, -0.15) is 0 Å². The highest BCUT2D eigenvalue weighted by Gasteiger charge is 2.12. The molecular weight excluding hydrogens is 292 g/mol. The van der Waals surface area contributed by atoms with Gasteiger partial charge in [-0.25, -0.2) is 4.79 Å². The first kappa shape index (κ1) is 13.3. The molecule has 0 amide bonds. The number of carboxylic acid groups (broad SMARTS) is 1. The molecule has 1 aromatic heterocycles. The van der Waals surface area contributed by atoms with Crippen LogP contribution in [0.1, 0.15) is 14.5 Å². The van der Waals surface area contributed by atoms with Gasteiger partial charge in [-0.1, -0.05) is 23.7 Å². The number of hydrogen-bond donors (Lipinski definition) is 1. The van der Waals surface area contributed by atoms with Gasteiger partial charge in [0.25, 0.3) is 0 Å². The van der Waals surface area contributed by atoms with Crippen LogP contribution in [0.4, 0.5) is 0 Å². The summed E-state index contributed by atoms with van der Waals surface area (Å²) in [5.41, 5.74) is 0. The van der Waals surface area contributed by atoms with Gasteiger partial charge in [-0.3, -0.25) is 4.21 Å². The third-order valence-corrected chi connectivity index (χ3v) is 5.35. The second kappa shape index (κ2) is 5.65. The highest BCUT2D eigenvalue weighted by atomic mass is 35.5. The quantitative estimate of drug-likeness (QED) is 0.941. The van der Waals surface area contributed by atoms with Crippen molar-refractivity contribution in [3.63, 3.8) is 0 Å². The molecule has 0 saturated heterocycles. The Hall–Kier alpha value is -1.17. The monoisotopic (exact) mass is 300 g/mol. The molecule has 0 saturated carbocycles. The molecule has 0 fully saturated rings. The van der Waals surface area contributed by atoms with Gasteiger partial charge >= 0.3 is 5.97 Å². The Balaban J connectivity index is 2.16. The number of rotatable bonds is 4. The van der Waals surface area contributed by atoms with Crippen LogP contribution in [0.5, 0.6) is 0 Å². The fraction of sp³-hybridized carbons (Fsp3) is 0.0833. The predicted molar refractivity (Wildman–Crippen MR) is 72.8 cm³/mol. The van der Waals surface area contributed by atoms with Crippen LogP contribution >= 0.6 is 22.9 Å². The topological polar surface area (TPSA) is 54.4 Å². The number of benzene rings is 1. The average Bonchev–Trinajstić information content (AvgIpc) is 2.78. The molecular formula is C12H9ClO3S2. The van der Waals surface area contributed by atoms with Crippen LogP contribution in [0.15, 0.2) is 41.3 Å². The molecule has 0 aliphatic heterocycles. The summed E-state index contributed by atoms with van der Waals surface area (Å²) in [6.07, 6.45) is 0. The molecule has 2 aromatic rings. The molecule has 3 nitrogen and oxygen atoms in total. The van der Waals surface area contributed by atoms with E-state index in [4.69, 9.17) is 16.7 Å². The first-order valence-electron chi connectivity index (χ1n) is 5.03. The van der Waals surface area contributed by atoms with Gasteiger partial charge in [0.2, 0.25) is 0 Å². The summed E-state index contributed by atoms with van der Waals surface area (Å²) in [5, 5.41) is 9.27. The van der Waals surface area contributed by atoms with Crippen LogP contribution in [0, 0.1) is 0 Å². The zero-order valence-electron chi connectivity index (χ0n) is 9.13. The molecule has 0 aliphatic carbocycles. The SMILES string of the molecule is O=C(O)c1ccc(CS(=O)c2ccccc2Cl)s1. The van der Waals surface area contributed by atoms with Crippen LogP contribution in [-0.4, -0.2) is 15.3 Å². The Bertz CT molecular complexity index is 607. The van der Waals surface area contributed by atoms with E-state index in [0.29, 0.717) is 9.92 Å². The minimum absolute atomic E-state index is 0.251. The smallest absolute Gasteiger partial charge is 0.345 e. The van der Waals surface area contributed by atoms with Crippen LogP contribution in [-0.2, 0) is 16.6 Å². The lowest BCUT2D eigenvalue weighted by Crippen LogP contribution is -1.95. The zero-order valence-corrected chi connectivity index (χ0v) is 11.5. The summed E-state index contributed by atoms with van der Waals surface area (Å²) in [6, 6.07) is 10.2. The molecule has 1 atom stereocenters. The number of thiophene rings is 1. The van der Waals surface area contributed by atoms with Crippen molar-refractivity contribution < 1.29 is 14.1 Å². The third kappa shape index (κ3) is 2.98. The molecule has 0 spiro atoms. The second-order valence-electron chi connectivity index (χ2n) is 3.49. The van der Waals surface area contributed by atoms with E-state index in [1.54, 1.807) is 30.3 Å². The molecule has 0 aliphatic rings. The van der Waals surface area contributed by atoms with Crippen molar-refractivity contribution in [2.24, 2.45) is 0 Å². The van der Waals surface area contributed by atoms with E-state index in [2.05, 4.69) is 0 Å². The molecule has 0 radical (unpaired) electrons. The van der Waals surface area contributed by atoms with E-state index in [-0.39, 0.29) is 10.6 Å². The lowest BCUT2D eigenvalue weighted by molar-refractivity contribution is 0.0702. The average molecular weight is 301 g/mol. The maximum absolute atomic E-state index is 12.1. The third-order valence-electron chi connectivity index (χ3n) is 2.23. The minimum atomic E-state index is -1.26. The summed E-state index contributed by atoms with van der Waals surface area (Å²) in [5.74, 6) is -0.684. The van der Waals surface area contributed by atoms with Crippen molar-refractivity contribution in [3.05, 3.63) is 51.2 Å². The van der Waals surface area contributed by atoms with Gasteiger partial charge < -0.3 is 5.11 Å². The number of carbonyl (C=O) groups is 1. The van der Waals surface area contributed by atoms with E-state index in [1.807, 2.05) is 0 Å². The predicted octanol–water partition coefficient (Wildman–Crippen LogP) is 3.41. The van der Waals surface area contributed by atoms with Crippen LogP contribution in [0.2, 0.25) is 5.02 Å². The van der Waals surface area contributed by atoms with Crippen LogP contribution in [0.3, 0.4) is 0 Å². The maximum atomic E-state index is 12.1. The first-order valence-corrected chi connectivity index (χ1v) is 7.54.